The number of Topliss-reactive ketones (excluding diaryl/α,β-unsaturated/α-hetero) is 2. The molecule has 7 heteroatoms. The van der Waals surface area contributed by atoms with Crippen molar-refractivity contribution < 1.29 is 19.8 Å². The van der Waals surface area contributed by atoms with Crippen LogP contribution in [0.2, 0.25) is 0 Å². The number of hydrogen-bond acceptors (Lipinski definition) is 7. The molecule has 0 aromatic heterocycles. The molecule has 0 aromatic carbocycles. The third kappa shape index (κ3) is 2.06. The van der Waals surface area contributed by atoms with Crippen molar-refractivity contribution in [3.63, 3.8) is 0 Å². The van der Waals surface area contributed by atoms with Crippen LogP contribution in [0.1, 0.15) is 25.7 Å². The molecule has 3 saturated carbocycles. The van der Waals surface area contributed by atoms with Gasteiger partial charge in [-0.25, -0.2) is 0 Å². The Labute approximate surface area is 121 Å². The molecule has 3 rings (SSSR count). The van der Waals surface area contributed by atoms with E-state index < -0.39 is 48.0 Å². The van der Waals surface area contributed by atoms with Crippen LogP contribution < -0.4 is 5.73 Å². The van der Waals surface area contributed by atoms with Gasteiger partial charge in [-0.1, -0.05) is 5.18 Å². The number of carbonyl (C=O) groups is 2. The molecular formula is C14H20N2O5. The van der Waals surface area contributed by atoms with E-state index in [9.17, 15) is 24.7 Å². The van der Waals surface area contributed by atoms with E-state index in [-0.39, 0.29) is 18.0 Å². The summed E-state index contributed by atoms with van der Waals surface area (Å²) in [5.41, 5.74) is 5.99. The number of nitrogens with zero attached hydrogens (tertiary/aromatic N) is 1. The Hall–Kier alpha value is -1.18. The largest absolute Gasteiger partial charge is 0.392 e. The van der Waals surface area contributed by atoms with E-state index in [1.807, 2.05) is 0 Å². The molecule has 3 aliphatic rings. The fourth-order valence-electron chi connectivity index (χ4n) is 4.46. The summed E-state index contributed by atoms with van der Waals surface area (Å²) in [4.78, 5) is 36.5. The van der Waals surface area contributed by atoms with Crippen LogP contribution in [0.25, 0.3) is 0 Å². The molecule has 116 valence electrons. The number of aliphatic hydroxyl groups excluding tert-OH is 2. The maximum atomic E-state index is 12.8. The second-order valence-electron chi connectivity index (χ2n) is 6.53. The lowest BCUT2D eigenvalue weighted by Gasteiger charge is -2.49. The van der Waals surface area contributed by atoms with Crippen molar-refractivity contribution in [2.24, 2.45) is 34.6 Å². The van der Waals surface area contributed by atoms with Gasteiger partial charge in [-0.15, -0.1) is 0 Å². The number of fused-ring (bicyclic) bond motifs is 2. The van der Waals surface area contributed by atoms with Crippen molar-refractivity contribution in [1.82, 2.24) is 0 Å². The molecule has 4 N–H and O–H groups in total. The zero-order valence-corrected chi connectivity index (χ0v) is 11.6. The first-order valence-electron chi connectivity index (χ1n) is 7.49. The Bertz CT molecular complexity index is 482. The second kappa shape index (κ2) is 5.23. The highest BCUT2D eigenvalue weighted by Gasteiger charge is 2.60. The Morgan fingerprint density at radius 3 is 2.00 bits per heavy atom. The van der Waals surface area contributed by atoms with Gasteiger partial charge in [0.1, 0.15) is 17.6 Å². The number of ketones is 2. The van der Waals surface area contributed by atoms with Crippen LogP contribution in [0.3, 0.4) is 0 Å². The summed E-state index contributed by atoms with van der Waals surface area (Å²) >= 11 is 0. The third-order valence-electron chi connectivity index (χ3n) is 5.48. The predicted octanol–water partition coefficient (Wildman–Crippen LogP) is -0.625. The Kier molecular flexibility index (Phi) is 3.67. The van der Waals surface area contributed by atoms with Crippen molar-refractivity contribution in [1.29, 1.82) is 0 Å². The van der Waals surface area contributed by atoms with E-state index in [0.29, 0.717) is 19.3 Å². The zero-order valence-electron chi connectivity index (χ0n) is 11.6. The molecule has 0 bridgehead atoms. The van der Waals surface area contributed by atoms with Gasteiger partial charge in [0, 0.05) is 12.0 Å². The summed E-state index contributed by atoms with van der Waals surface area (Å²) in [6.07, 6.45) is -0.416. The van der Waals surface area contributed by atoms with Crippen molar-refractivity contribution >= 4 is 11.6 Å². The zero-order chi connectivity index (χ0) is 15.3. The maximum absolute atomic E-state index is 12.8. The lowest BCUT2D eigenvalue weighted by Crippen LogP contribution is -2.64. The van der Waals surface area contributed by atoms with E-state index in [2.05, 4.69) is 5.18 Å². The first-order valence-corrected chi connectivity index (χ1v) is 7.49. The van der Waals surface area contributed by atoms with Gasteiger partial charge >= 0.3 is 0 Å². The van der Waals surface area contributed by atoms with Gasteiger partial charge in [0.05, 0.1) is 30.0 Å². The molecule has 0 heterocycles. The monoisotopic (exact) mass is 296 g/mol. The number of rotatable bonds is 1. The summed E-state index contributed by atoms with van der Waals surface area (Å²) in [7, 11) is 0. The number of carbonyl (C=O) groups excluding carboxylic acids is 2. The molecule has 0 amide bonds. The molecule has 8 atom stereocenters. The van der Waals surface area contributed by atoms with Gasteiger partial charge in [-0.3, -0.25) is 9.59 Å². The molecule has 3 fully saturated rings. The van der Waals surface area contributed by atoms with Crippen molar-refractivity contribution in [3.05, 3.63) is 4.91 Å². The normalized spacial score (nSPS) is 50.2. The summed E-state index contributed by atoms with van der Waals surface area (Å²) in [5.74, 6) is -4.00. The van der Waals surface area contributed by atoms with E-state index in [1.54, 1.807) is 0 Å². The lowest BCUT2D eigenvalue weighted by atomic mass is 9.55. The van der Waals surface area contributed by atoms with Gasteiger partial charge < -0.3 is 15.9 Å². The van der Waals surface area contributed by atoms with Gasteiger partial charge in [0.25, 0.3) is 0 Å². The van der Waals surface area contributed by atoms with Crippen LogP contribution in [-0.2, 0) is 9.59 Å². The van der Waals surface area contributed by atoms with E-state index in [0.717, 1.165) is 0 Å². The molecule has 21 heavy (non-hydrogen) atoms. The number of aliphatic hydroxyl groups is 2. The van der Waals surface area contributed by atoms with Crippen LogP contribution in [0.4, 0.5) is 0 Å². The molecule has 0 saturated heterocycles. The summed E-state index contributed by atoms with van der Waals surface area (Å²) in [5, 5.41) is 23.2. The molecular weight excluding hydrogens is 276 g/mol. The van der Waals surface area contributed by atoms with Crippen LogP contribution in [0.5, 0.6) is 0 Å². The van der Waals surface area contributed by atoms with Crippen LogP contribution in [0.15, 0.2) is 5.18 Å². The average Bonchev–Trinajstić information content (AvgIpc) is 2.46. The molecule has 8 unspecified atom stereocenters. The van der Waals surface area contributed by atoms with Gasteiger partial charge in [-0.05, 0) is 25.7 Å². The molecule has 7 nitrogen and oxygen atoms in total. The smallest absolute Gasteiger partial charge is 0.145 e. The number of hydrogen-bond donors (Lipinski definition) is 3. The number of nitroso groups, excluding NO2 is 1. The van der Waals surface area contributed by atoms with E-state index >= 15 is 0 Å². The first kappa shape index (κ1) is 14.7. The molecule has 0 spiro atoms. The minimum Gasteiger partial charge on any atom is -0.392 e. The van der Waals surface area contributed by atoms with Crippen LogP contribution in [0, 0.1) is 28.6 Å². The van der Waals surface area contributed by atoms with Gasteiger partial charge in [0.2, 0.25) is 0 Å². The molecule has 0 aliphatic heterocycles. The van der Waals surface area contributed by atoms with Crippen LogP contribution in [-0.4, -0.2) is 46.1 Å². The van der Waals surface area contributed by atoms with Gasteiger partial charge in [-0.2, -0.15) is 4.91 Å². The van der Waals surface area contributed by atoms with Crippen molar-refractivity contribution in [2.75, 3.05) is 0 Å². The van der Waals surface area contributed by atoms with Crippen molar-refractivity contribution in [2.45, 2.75) is 50.0 Å². The van der Waals surface area contributed by atoms with E-state index in [1.165, 1.54) is 0 Å². The first-order chi connectivity index (χ1) is 9.97. The minimum atomic E-state index is -0.948. The number of nitrogens with two attached hydrogens (primary N) is 1. The van der Waals surface area contributed by atoms with Crippen molar-refractivity contribution in [3.8, 4) is 0 Å². The fourth-order valence-corrected chi connectivity index (χ4v) is 4.46. The SMILES string of the molecule is NC1CCC(O)C2C(=O)C3C(O)CCC(N=O)C3C(=O)C12. The highest BCUT2D eigenvalue weighted by Crippen LogP contribution is 2.46. The predicted molar refractivity (Wildman–Crippen MR) is 72.0 cm³/mol. The highest BCUT2D eigenvalue weighted by molar-refractivity contribution is 6.01. The van der Waals surface area contributed by atoms with E-state index in [4.69, 9.17) is 5.73 Å². The van der Waals surface area contributed by atoms with Gasteiger partial charge in [0.15, 0.2) is 0 Å². The maximum Gasteiger partial charge on any atom is 0.145 e. The minimum absolute atomic E-state index is 0.274. The Morgan fingerprint density at radius 1 is 0.857 bits per heavy atom. The second-order valence-corrected chi connectivity index (χ2v) is 6.53. The summed E-state index contributed by atoms with van der Waals surface area (Å²) in [6.45, 7) is 0. The quantitative estimate of drug-likeness (QED) is 0.553. The molecule has 3 aliphatic carbocycles. The third-order valence-corrected chi connectivity index (χ3v) is 5.48. The average molecular weight is 296 g/mol. The molecule has 0 radical (unpaired) electrons. The lowest BCUT2D eigenvalue weighted by molar-refractivity contribution is -0.164. The topological polar surface area (TPSA) is 130 Å². The highest BCUT2D eigenvalue weighted by atomic mass is 16.3. The standard InChI is InChI=1S/C14H20N2O5/c15-5-1-3-7(17)11-9(5)13(19)10-6(16-21)2-4-8(18)12(10)14(11)20/h5-12,17-18H,1-4,15H2. The Morgan fingerprint density at radius 2 is 1.38 bits per heavy atom. The Balaban J connectivity index is 2.02. The summed E-state index contributed by atoms with van der Waals surface area (Å²) < 4.78 is 0. The van der Waals surface area contributed by atoms with Crippen LogP contribution >= 0.6 is 0 Å². The fraction of sp³-hybridized carbons (Fsp3) is 0.857. The molecule has 0 aromatic rings. The summed E-state index contributed by atoms with van der Waals surface area (Å²) in [6, 6.07) is -1.26.